The van der Waals surface area contributed by atoms with Gasteiger partial charge in [-0.2, -0.15) is 0 Å². The van der Waals surface area contributed by atoms with Crippen molar-refractivity contribution >= 4 is 17.6 Å². The number of carbonyl (C=O) groups excluding carboxylic acids is 1. The molecule has 0 unspecified atom stereocenters. The molecule has 192 valence electrons. The molecule has 4 aliphatic carbocycles. The number of carbonyl (C=O) groups is 2. The summed E-state index contributed by atoms with van der Waals surface area (Å²) < 4.78 is 0. The molecule has 7 heteroatoms. The van der Waals surface area contributed by atoms with Crippen molar-refractivity contribution in [1.82, 2.24) is 5.32 Å². The lowest BCUT2D eigenvalue weighted by Crippen LogP contribution is -2.54. The number of carboxylic acids is 1. The summed E-state index contributed by atoms with van der Waals surface area (Å²) in [7, 11) is 0. The van der Waals surface area contributed by atoms with Gasteiger partial charge in [0.15, 0.2) is 6.61 Å². The second-order valence-electron chi connectivity index (χ2n) is 12.0. The number of hydrogen-bond acceptors (Lipinski definition) is 5. The summed E-state index contributed by atoms with van der Waals surface area (Å²) in [5, 5.41) is 27.1. The van der Waals surface area contributed by atoms with Crippen LogP contribution in [-0.2, 0) is 14.4 Å². The van der Waals surface area contributed by atoms with E-state index in [9.17, 15) is 19.8 Å². The van der Waals surface area contributed by atoms with Gasteiger partial charge in [-0.3, -0.25) is 4.79 Å². The van der Waals surface area contributed by atoms with E-state index >= 15 is 0 Å². The molecule has 0 radical (unpaired) electrons. The number of hydrogen-bond donors (Lipinski definition) is 3. The first-order valence-corrected chi connectivity index (χ1v) is 13.1. The molecule has 1 amide bonds. The third-order valence-corrected chi connectivity index (χ3v) is 9.99. The predicted molar refractivity (Wildman–Crippen MR) is 133 cm³/mol. The van der Waals surface area contributed by atoms with Gasteiger partial charge in [-0.25, -0.2) is 4.79 Å². The zero-order valence-corrected chi connectivity index (χ0v) is 21.5. The lowest BCUT2D eigenvalue weighted by atomic mass is 9.46. The van der Waals surface area contributed by atoms with Gasteiger partial charge in [0.1, 0.15) is 11.6 Å². The molecule has 4 rings (SSSR count). The predicted octanol–water partition coefficient (Wildman–Crippen LogP) is 3.91. The van der Waals surface area contributed by atoms with E-state index in [2.05, 4.69) is 36.3 Å². The van der Waals surface area contributed by atoms with Crippen LogP contribution < -0.4 is 5.32 Å². The Morgan fingerprint density at radius 2 is 1.91 bits per heavy atom. The molecule has 0 aliphatic heterocycles. The Morgan fingerprint density at radius 3 is 2.57 bits per heavy atom. The van der Waals surface area contributed by atoms with E-state index in [0.717, 1.165) is 50.7 Å². The first-order valence-electron chi connectivity index (χ1n) is 13.1. The van der Waals surface area contributed by atoms with Crippen LogP contribution in [0.5, 0.6) is 0 Å². The monoisotopic (exact) mass is 484 g/mol. The van der Waals surface area contributed by atoms with Crippen molar-refractivity contribution in [2.24, 2.45) is 39.7 Å². The van der Waals surface area contributed by atoms with Gasteiger partial charge in [0.05, 0.1) is 5.71 Å². The molecule has 3 N–H and O–H groups in total. The molecule has 3 fully saturated rings. The smallest absolute Gasteiger partial charge is 0.326 e. The standard InChI is InChI=1S/C28H40N2O5/c1-6-28(34)14-11-22-20-8-7-18-15-19(9-12-26(18,4)21(20)10-13-27(22,28)5)30-35-16-23(31)29-24(17(2)3)25(32)33/h1,15,17,20-22,24,34H,7-14,16H2,2-5H3,(H,29,31)(H,32,33)/b30-19-/t20-,21+,22+,24-,26+,27+,28-/m1/s1. The minimum absolute atomic E-state index is 0.115. The summed E-state index contributed by atoms with van der Waals surface area (Å²) in [6, 6.07) is -0.944. The van der Waals surface area contributed by atoms with Gasteiger partial charge in [0, 0.05) is 5.41 Å². The minimum Gasteiger partial charge on any atom is -0.480 e. The molecule has 3 saturated carbocycles. The highest BCUT2D eigenvalue weighted by Gasteiger charge is 2.63. The molecule has 0 saturated heterocycles. The molecule has 7 nitrogen and oxygen atoms in total. The topological polar surface area (TPSA) is 108 Å². The van der Waals surface area contributed by atoms with Gasteiger partial charge < -0.3 is 20.4 Å². The number of terminal acetylenes is 1. The Labute approximate surface area is 208 Å². The van der Waals surface area contributed by atoms with E-state index in [1.807, 2.05) is 0 Å². The number of fused-ring (bicyclic) bond motifs is 5. The molecule has 4 aliphatic rings. The molecular formula is C28H40N2O5. The zero-order valence-electron chi connectivity index (χ0n) is 21.5. The minimum atomic E-state index is -1.06. The number of oxime groups is 1. The van der Waals surface area contributed by atoms with Gasteiger partial charge in [0.2, 0.25) is 0 Å². The summed E-state index contributed by atoms with van der Waals surface area (Å²) in [5.41, 5.74) is 1.20. The Kier molecular flexibility index (Phi) is 6.83. The second-order valence-corrected chi connectivity index (χ2v) is 12.0. The van der Waals surface area contributed by atoms with E-state index in [-0.39, 0.29) is 23.4 Å². The van der Waals surface area contributed by atoms with Crippen molar-refractivity contribution < 1.29 is 24.6 Å². The molecule has 0 aromatic carbocycles. The van der Waals surface area contributed by atoms with Gasteiger partial charge in [0.25, 0.3) is 5.91 Å². The fourth-order valence-corrected chi connectivity index (χ4v) is 7.80. The molecule has 0 heterocycles. The number of amides is 1. The van der Waals surface area contributed by atoms with Crippen LogP contribution >= 0.6 is 0 Å². The number of nitrogens with one attached hydrogen (secondary N) is 1. The van der Waals surface area contributed by atoms with Crippen LogP contribution in [0.15, 0.2) is 16.8 Å². The number of rotatable bonds is 6. The lowest BCUT2D eigenvalue weighted by molar-refractivity contribution is -0.143. The van der Waals surface area contributed by atoms with Crippen molar-refractivity contribution in [3.8, 4) is 12.3 Å². The maximum absolute atomic E-state index is 12.1. The van der Waals surface area contributed by atoms with Crippen LogP contribution in [0.3, 0.4) is 0 Å². The Morgan fingerprint density at radius 1 is 1.20 bits per heavy atom. The van der Waals surface area contributed by atoms with Crippen LogP contribution in [-0.4, -0.2) is 46.1 Å². The van der Waals surface area contributed by atoms with Gasteiger partial charge in [-0.1, -0.05) is 44.3 Å². The van der Waals surface area contributed by atoms with Gasteiger partial charge in [-0.15, -0.1) is 6.42 Å². The average molecular weight is 485 g/mol. The summed E-state index contributed by atoms with van der Waals surface area (Å²) in [6.45, 7) is 7.80. The fourth-order valence-electron chi connectivity index (χ4n) is 7.80. The van der Waals surface area contributed by atoms with Crippen LogP contribution in [0.1, 0.15) is 79.1 Å². The number of aliphatic hydroxyl groups is 1. The van der Waals surface area contributed by atoms with Crippen LogP contribution in [0.2, 0.25) is 0 Å². The summed E-state index contributed by atoms with van der Waals surface area (Å²) in [6.07, 6.45) is 15.6. The number of aliphatic carboxylic acids is 1. The van der Waals surface area contributed by atoms with Crippen molar-refractivity contribution in [2.75, 3.05) is 6.61 Å². The molecule has 0 bridgehead atoms. The molecule has 0 spiro atoms. The third-order valence-electron chi connectivity index (χ3n) is 9.99. The first-order chi connectivity index (χ1) is 16.4. The third kappa shape index (κ3) is 4.28. The van der Waals surface area contributed by atoms with E-state index in [1.165, 1.54) is 5.57 Å². The van der Waals surface area contributed by atoms with Crippen molar-refractivity contribution in [1.29, 1.82) is 0 Å². The lowest BCUT2D eigenvalue weighted by Gasteiger charge is -2.58. The Bertz CT molecular complexity index is 980. The summed E-state index contributed by atoms with van der Waals surface area (Å²) in [4.78, 5) is 28.7. The number of allylic oxidation sites excluding steroid dienone is 2. The normalized spacial score (nSPS) is 40.1. The highest BCUT2D eigenvalue weighted by atomic mass is 16.6. The summed E-state index contributed by atoms with van der Waals surface area (Å²) in [5.74, 6) is 2.62. The zero-order chi connectivity index (χ0) is 25.6. The maximum Gasteiger partial charge on any atom is 0.326 e. The van der Waals surface area contributed by atoms with Gasteiger partial charge in [-0.05, 0) is 86.5 Å². The molecule has 0 aromatic heterocycles. The number of nitrogens with zero attached hydrogens (tertiary/aromatic N) is 1. The number of carboxylic acid groups (broad SMARTS) is 1. The average Bonchev–Trinajstić information content (AvgIpc) is 3.08. The van der Waals surface area contributed by atoms with Crippen LogP contribution in [0, 0.1) is 46.8 Å². The highest BCUT2D eigenvalue weighted by molar-refractivity contribution is 5.96. The van der Waals surface area contributed by atoms with E-state index < -0.39 is 23.5 Å². The fraction of sp³-hybridized carbons (Fsp3) is 0.750. The SMILES string of the molecule is C#C[C@@]1(O)CC[C@H]2[C@@H]3CCC4=C/C(=N\OCC(=O)N[C@@H](C(=O)O)C(C)C)CC[C@]4(C)[C@H]3CC[C@@]21C. The van der Waals surface area contributed by atoms with Crippen molar-refractivity contribution in [3.63, 3.8) is 0 Å². The van der Waals surface area contributed by atoms with Crippen molar-refractivity contribution in [3.05, 3.63) is 11.6 Å². The van der Waals surface area contributed by atoms with Crippen molar-refractivity contribution in [2.45, 2.75) is 90.7 Å². The molecule has 0 aromatic rings. The van der Waals surface area contributed by atoms with E-state index in [1.54, 1.807) is 13.8 Å². The second kappa shape index (κ2) is 9.28. The Hall–Kier alpha value is -2.33. The first kappa shape index (κ1) is 25.8. The molecule has 7 atom stereocenters. The van der Waals surface area contributed by atoms with Gasteiger partial charge >= 0.3 is 5.97 Å². The maximum atomic E-state index is 12.1. The molecular weight excluding hydrogens is 444 g/mol. The van der Waals surface area contributed by atoms with Crippen LogP contribution in [0.4, 0.5) is 0 Å². The quantitative estimate of drug-likeness (QED) is 0.391. The highest BCUT2D eigenvalue weighted by Crippen LogP contribution is 2.67. The largest absolute Gasteiger partial charge is 0.480 e. The Balaban J connectivity index is 1.41. The molecule has 35 heavy (non-hydrogen) atoms. The van der Waals surface area contributed by atoms with E-state index in [0.29, 0.717) is 24.2 Å². The summed E-state index contributed by atoms with van der Waals surface area (Å²) >= 11 is 0. The van der Waals surface area contributed by atoms with E-state index in [4.69, 9.17) is 11.3 Å². The van der Waals surface area contributed by atoms with Crippen LogP contribution in [0.25, 0.3) is 0 Å².